The Morgan fingerprint density at radius 3 is 2.26 bits per heavy atom. The lowest BCUT2D eigenvalue weighted by atomic mass is 10.1. The predicted octanol–water partition coefficient (Wildman–Crippen LogP) is 4.41. The van der Waals surface area contributed by atoms with Crippen LogP contribution in [0.2, 0.25) is 0 Å². The van der Waals surface area contributed by atoms with Crippen LogP contribution in [0.15, 0.2) is 60.8 Å². The fourth-order valence-corrected chi connectivity index (χ4v) is 3.09. The minimum atomic E-state index is -4.50. The van der Waals surface area contributed by atoms with Crippen molar-refractivity contribution < 1.29 is 18.0 Å². The molecular formula is C21H17F3N6O. The van der Waals surface area contributed by atoms with E-state index in [9.17, 15) is 18.0 Å². The molecule has 4 rings (SSSR count). The van der Waals surface area contributed by atoms with E-state index in [1.165, 1.54) is 18.5 Å². The van der Waals surface area contributed by atoms with Crippen molar-refractivity contribution in [2.24, 2.45) is 0 Å². The number of aryl methyl sites for hydroxylation is 1. The number of aromatic nitrogens is 5. The lowest BCUT2D eigenvalue weighted by Crippen LogP contribution is -2.13. The van der Waals surface area contributed by atoms with Crippen molar-refractivity contribution in [1.29, 1.82) is 0 Å². The van der Waals surface area contributed by atoms with Gasteiger partial charge >= 0.3 is 6.18 Å². The number of benzene rings is 2. The Hall–Kier alpha value is -3.95. The third kappa shape index (κ3) is 4.32. The van der Waals surface area contributed by atoms with Gasteiger partial charge in [0.05, 0.1) is 23.3 Å². The smallest absolute Gasteiger partial charge is 0.326 e. The zero-order valence-corrected chi connectivity index (χ0v) is 16.6. The highest BCUT2D eigenvalue weighted by Gasteiger charge is 2.35. The molecule has 4 aromatic rings. The number of carbonyl (C=O) groups excluding carboxylic acids is 1. The normalized spacial score (nSPS) is 11.5. The number of hydrogen-bond acceptors (Lipinski definition) is 4. The fourth-order valence-electron chi connectivity index (χ4n) is 3.09. The third-order valence-corrected chi connectivity index (χ3v) is 4.48. The summed E-state index contributed by atoms with van der Waals surface area (Å²) in [6.45, 7) is 2.95. The number of hydrogen-bond donors (Lipinski definition) is 1. The van der Waals surface area contributed by atoms with Crippen LogP contribution in [0.1, 0.15) is 18.3 Å². The van der Waals surface area contributed by atoms with Crippen LogP contribution < -0.4 is 5.32 Å². The number of nitrogens with one attached hydrogen (secondary N) is 1. The van der Waals surface area contributed by atoms with Crippen LogP contribution in [-0.4, -0.2) is 30.7 Å². The van der Waals surface area contributed by atoms with Gasteiger partial charge in [0.1, 0.15) is 11.4 Å². The Morgan fingerprint density at radius 1 is 1.00 bits per heavy atom. The van der Waals surface area contributed by atoms with E-state index in [1.807, 2.05) is 0 Å². The quantitative estimate of drug-likeness (QED) is 0.525. The highest BCUT2D eigenvalue weighted by molar-refractivity contribution is 5.88. The highest BCUT2D eigenvalue weighted by atomic mass is 19.4. The van der Waals surface area contributed by atoms with Crippen molar-refractivity contribution in [3.63, 3.8) is 0 Å². The summed E-state index contributed by atoms with van der Waals surface area (Å²) in [6, 6.07) is 14.5. The molecule has 0 unspecified atom stereocenters. The van der Waals surface area contributed by atoms with Crippen LogP contribution >= 0.6 is 0 Å². The van der Waals surface area contributed by atoms with Crippen LogP contribution in [0.4, 0.5) is 18.9 Å². The van der Waals surface area contributed by atoms with Gasteiger partial charge in [-0.1, -0.05) is 17.3 Å². The summed E-state index contributed by atoms with van der Waals surface area (Å²) in [5, 5.41) is 14.9. The van der Waals surface area contributed by atoms with Crippen LogP contribution in [0, 0.1) is 6.92 Å². The molecule has 0 fully saturated rings. The molecule has 0 saturated heterocycles. The molecule has 0 atom stereocenters. The van der Waals surface area contributed by atoms with Crippen LogP contribution in [0.25, 0.3) is 22.6 Å². The van der Waals surface area contributed by atoms with E-state index in [1.54, 1.807) is 54.7 Å². The molecule has 0 spiro atoms. The molecule has 2 aromatic carbocycles. The Kier molecular flexibility index (Phi) is 5.05. The summed E-state index contributed by atoms with van der Waals surface area (Å²) >= 11 is 0. The monoisotopic (exact) mass is 426 g/mol. The third-order valence-electron chi connectivity index (χ3n) is 4.48. The number of nitrogens with zero attached hydrogens (tertiary/aromatic N) is 5. The van der Waals surface area contributed by atoms with Gasteiger partial charge in [0.25, 0.3) is 0 Å². The first kappa shape index (κ1) is 20.3. The van der Waals surface area contributed by atoms with Crippen molar-refractivity contribution in [1.82, 2.24) is 24.8 Å². The summed E-state index contributed by atoms with van der Waals surface area (Å²) in [5.74, 6) is -0.158. The van der Waals surface area contributed by atoms with Gasteiger partial charge in [0.15, 0.2) is 0 Å². The van der Waals surface area contributed by atoms with E-state index in [-0.39, 0.29) is 17.3 Å². The van der Waals surface area contributed by atoms with E-state index < -0.39 is 11.9 Å². The van der Waals surface area contributed by atoms with Crippen molar-refractivity contribution >= 4 is 11.6 Å². The van der Waals surface area contributed by atoms with Gasteiger partial charge < -0.3 is 5.32 Å². The molecule has 158 valence electrons. The van der Waals surface area contributed by atoms with Gasteiger partial charge in [0.2, 0.25) is 5.91 Å². The van der Waals surface area contributed by atoms with Crippen LogP contribution in [-0.2, 0) is 11.0 Å². The maximum Gasteiger partial charge on any atom is 0.433 e. The summed E-state index contributed by atoms with van der Waals surface area (Å²) in [5.41, 5.74) is 2.46. The average Bonchev–Trinajstić information content (AvgIpc) is 3.35. The second-order valence-electron chi connectivity index (χ2n) is 6.90. The SMILES string of the molecule is CC(=O)Nc1ccc(-c2cn(-c3ccc(-n4nc(C)cc4C(F)(F)F)cc3)nn2)cc1. The predicted molar refractivity (Wildman–Crippen MR) is 108 cm³/mol. The molecule has 10 heteroatoms. The highest BCUT2D eigenvalue weighted by Crippen LogP contribution is 2.31. The second-order valence-corrected chi connectivity index (χ2v) is 6.90. The molecule has 31 heavy (non-hydrogen) atoms. The lowest BCUT2D eigenvalue weighted by Gasteiger charge is -2.10. The Balaban J connectivity index is 1.57. The first-order chi connectivity index (χ1) is 14.7. The molecule has 0 aliphatic heterocycles. The number of halogens is 3. The molecule has 2 heterocycles. The molecule has 0 saturated carbocycles. The standard InChI is InChI=1S/C21H17F3N6O/c1-13-11-20(21(22,23)24)30(27-13)18-9-7-17(8-10-18)29-12-19(26-28-29)15-3-5-16(6-4-15)25-14(2)31/h3-12H,1-2H3,(H,25,31). The molecular weight excluding hydrogens is 409 g/mol. The van der Waals surface area contributed by atoms with Crippen molar-refractivity contribution in [3.8, 4) is 22.6 Å². The maximum absolute atomic E-state index is 13.2. The van der Waals surface area contributed by atoms with Gasteiger partial charge in [-0.05, 0) is 49.4 Å². The number of anilines is 1. The molecule has 0 bridgehead atoms. The van der Waals surface area contributed by atoms with Crippen molar-refractivity contribution in [3.05, 3.63) is 72.2 Å². The van der Waals surface area contributed by atoms with Crippen LogP contribution in [0.3, 0.4) is 0 Å². The Labute approximate surface area is 175 Å². The topological polar surface area (TPSA) is 77.6 Å². The average molecular weight is 426 g/mol. The minimum absolute atomic E-state index is 0.158. The summed E-state index contributed by atoms with van der Waals surface area (Å²) in [7, 11) is 0. The largest absolute Gasteiger partial charge is 0.433 e. The van der Waals surface area contributed by atoms with Gasteiger partial charge in [-0.15, -0.1) is 5.10 Å². The molecule has 0 aliphatic carbocycles. The minimum Gasteiger partial charge on any atom is -0.326 e. The molecule has 7 nitrogen and oxygen atoms in total. The zero-order chi connectivity index (χ0) is 22.2. The van der Waals surface area contributed by atoms with Gasteiger partial charge in [-0.3, -0.25) is 4.79 Å². The second kappa shape index (κ2) is 7.71. The van der Waals surface area contributed by atoms with Crippen LogP contribution in [0.5, 0.6) is 0 Å². The van der Waals surface area contributed by atoms with Crippen molar-refractivity contribution in [2.45, 2.75) is 20.0 Å². The molecule has 1 N–H and O–H groups in total. The summed E-state index contributed by atoms with van der Waals surface area (Å²) < 4.78 is 42.1. The molecule has 1 amide bonds. The zero-order valence-electron chi connectivity index (χ0n) is 16.6. The van der Waals surface area contributed by atoms with Gasteiger partial charge in [-0.2, -0.15) is 18.3 Å². The molecule has 2 aromatic heterocycles. The van der Waals surface area contributed by atoms with E-state index >= 15 is 0 Å². The molecule has 0 radical (unpaired) electrons. The van der Waals surface area contributed by atoms with Gasteiger partial charge in [0, 0.05) is 18.2 Å². The van der Waals surface area contributed by atoms with E-state index in [2.05, 4.69) is 20.7 Å². The van der Waals surface area contributed by atoms with E-state index in [0.717, 1.165) is 16.3 Å². The first-order valence-electron chi connectivity index (χ1n) is 9.26. The van der Waals surface area contributed by atoms with E-state index in [0.29, 0.717) is 17.1 Å². The first-order valence-corrected chi connectivity index (χ1v) is 9.26. The van der Waals surface area contributed by atoms with E-state index in [4.69, 9.17) is 0 Å². The Morgan fingerprint density at radius 2 is 1.65 bits per heavy atom. The maximum atomic E-state index is 13.2. The van der Waals surface area contributed by atoms with Crippen molar-refractivity contribution in [2.75, 3.05) is 5.32 Å². The number of amides is 1. The van der Waals surface area contributed by atoms with Gasteiger partial charge in [-0.25, -0.2) is 9.36 Å². The Bertz CT molecular complexity index is 1220. The number of carbonyl (C=O) groups is 1. The molecule has 0 aliphatic rings. The summed E-state index contributed by atoms with van der Waals surface area (Å²) in [4.78, 5) is 11.1. The summed E-state index contributed by atoms with van der Waals surface area (Å²) in [6.07, 6.45) is -2.79. The number of alkyl halides is 3. The fraction of sp³-hybridized carbons (Fsp3) is 0.143. The lowest BCUT2D eigenvalue weighted by molar-refractivity contribution is -0.142. The number of rotatable bonds is 4.